The highest BCUT2D eigenvalue weighted by Gasteiger charge is 2.31. The zero-order valence-electron chi connectivity index (χ0n) is 13.6. The smallest absolute Gasteiger partial charge is 0.322 e. The number of para-hydroxylation sites is 1. The van der Waals surface area contributed by atoms with Crippen molar-refractivity contribution in [3.63, 3.8) is 0 Å². The molecule has 2 aromatic rings. The van der Waals surface area contributed by atoms with E-state index >= 15 is 0 Å². The lowest BCUT2D eigenvalue weighted by Gasteiger charge is -2.41. The predicted octanol–water partition coefficient (Wildman–Crippen LogP) is 3.29. The number of benzene rings is 2. The quantitative estimate of drug-likeness (QED) is 0.834. The van der Waals surface area contributed by atoms with Crippen LogP contribution in [0.4, 0.5) is 21.9 Å². The van der Waals surface area contributed by atoms with Crippen molar-refractivity contribution >= 4 is 23.1 Å². The summed E-state index contributed by atoms with van der Waals surface area (Å²) < 4.78 is 0. The number of carbonyl (C=O) groups excluding carboxylic acids is 1. The molecule has 24 heavy (non-hydrogen) atoms. The van der Waals surface area contributed by atoms with Gasteiger partial charge in [-0.05, 0) is 48.7 Å². The van der Waals surface area contributed by atoms with Crippen LogP contribution in [0.2, 0.25) is 0 Å². The molecule has 2 aliphatic rings. The van der Waals surface area contributed by atoms with Crippen LogP contribution in [0, 0.1) is 0 Å². The second-order valence-electron chi connectivity index (χ2n) is 6.52. The summed E-state index contributed by atoms with van der Waals surface area (Å²) in [5, 5.41) is 3.02. The molecule has 0 atom stereocenters. The average Bonchev–Trinajstić information content (AvgIpc) is 2.62. The summed E-state index contributed by atoms with van der Waals surface area (Å²) in [6.07, 6.45) is 1.97. The molecule has 2 aromatic carbocycles. The van der Waals surface area contributed by atoms with Crippen LogP contribution >= 0.6 is 0 Å². The molecule has 2 heterocycles. The average molecular weight is 322 g/mol. The van der Waals surface area contributed by atoms with Crippen molar-refractivity contribution in [1.29, 1.82) is 0 Å². The van der Waals surface area contributed by atoms with Crippen LogP contribution < -0.4 is 16.0 Å². The van der Waals surface area contributed by atoms with E-state index in [1.807, 2.05) is 35.2 Å². The number of rotatable bonds is 2. The molecule has 2 amide bonds. The lowest BCUT2D eigenvalue weighted by molar-refractivity contribution is 0.167. The number of nitrogens with one attached hydrogen (secondary N) is 1. The normalized spacial score (nSPS) is 18.2. The van der Waals surface area contributed by atoms with Crippen molar-refractivity contribution in [3.05, 3.63) is 54.1 Å². The van der Waals surface area contributed by atoms with Gasteiger partial charge in [-0.2, -0.15) is 0 Å². The fourth-order valence-corrected chi connectivity index (χ4v) is 3.64. The van der Waals surface area contributed by atoms with E-state index in [1.165, 1.54) is 11.3 Å². The summed E-state index contributed by atoms with van der Waals surface area (Å²) in [5.74, 6) is 0. The Morgan fingerprint density at radius 2 is 1.71 bits per heavy atom. The number of anilines is 3. The van der Waals surface area contributed by atoms with E-state index in [2.05, 4.69) is 28.4 Å². The Kier molecular flexibility index (Phi) is 3.76. The molecule has 0 aromatic heterocycles. The van der Waals surface area contributed by atoms with Gasteiger partial charge in [-0.1, -0.05) is 18.2 Å². The Hall–Kier alpha value is -2.69. The summed E-state index contributed by atoms with van der Waals surface area (Å²) >= 11 is 0. The molecule has 5 nitrogen and oxygen atoms in total. The first kappa shape index (κ1) is 14.9. The predicted molar refractivity (Wildman–Crippen MR) is 97.1 cm³/mol. The van der Waals surface area contributed by atoms with Crippen LogP contribution in [0.3, 0.4) is 0 Å². The molecule has 0 aliphatic carbocycles. The van der Waals surface area contributed by atoms with Gasteiger partial charge in [0.25, 0.3) is 0 Å². The molecule has 124 valence electrons. The SMILES string of the molecule is Nc1ccc(N2CCC(N3Cc4ccccc4NC3=O)CC2)cc1. The monoisotopic (exact) mass is 322 g/mol. The number of hydrogen-bond donors (Lipinski definition) is 2. The molecule has 0 bridgehead atoms. The van der Waals surface area contributed by atoms with Crippen LogP contribution in [0.5, 0.6) is 0 Å². The van der Waals surface area contributed by atoms with E-state index in [1.54, 1.807) is 0 Å². The summed E-state index contributed by atoms with van der Waals surface area (Å²) in [6.45, 7) is 2.62. The maximum Gasteiger partial charge on any atom is 0.322 e. The molecule has 4 rings (SSSR count). The highest BCUT2D eigenvalue weighted by molar-refractivity contribution is 5.92. The summed E-state index contributed by atoms with van der Waals surface area (Å²) in [6, 6.07) is 16.4. The molecule has 1 fully saturated rings. The van der Waals surface area contributed by atoms with Crippen molar-refractivity contribution in [1.82, 2.24) is 4.90 Å². The van der Waals surface area contributed by atoms with Gasteiger partial charge in [-0.25, -0.2) is 4.79 Å². The molecule has 2 aliphatic heterocycles. The van der Waals surface area contributed by atoms with Crippen molar-refractivity contribution in [2.75, 3.05) is 29.0 Å². The molecule has 0 saturated carbocycles. The molecule has 1 saturated heterocycles. The van der Waals surface area contributed by atoms with Crippen LogP contribution in [0.15, 0.2) is 48.5 Å². The molecule has 0 spiro atoms. The van der Waals surface area contributed by atoms with Gasteiger partial charge in [-0.3, -0.25) is 0 Å². The minimum Gasteiger partial charge on any atom is -0.399 e. The third-order valence-electron chi connectivity index (χ3n) is 5.02. The number of urea groups is 1. The van der Waals surface area contributed by atoms with Crippen LogP contribution in [0.1, 0.15) is 18.4 Å². The van der Waals surface area contributed by atoms with Gasteiger partial charge in [0.2, 0.25) is 0 Å². The number of fused-ring (bicyclic) bond motifs is 1. The van der Waals surface area contributed by atoms with E-state index in [0.29, 0.717) is 12.6 Å². The number of carbonyl (C=O) groups is 1. The Morgan fingerprint density at radius 3 is 2.46 bits per heavy atom. The fourth-order valence-electron chi connectivity index (χ4n) is 3.64. The van der Waals surface area contributed by atoms with Gasteiger partial charge in [0, 0.05) is 42.7 Å². The lowest BCUT2D eigenvalue weighted by atomic mass is 10.0. The lowest BCUT2D eigenvalue weighted by Crippen LogP contribution is -2.50. The number of amides is 2. The second-order valence-corrected chi connectivity index (χ2v) is 6.52. The van der Waals surface area contributed by atoms with E-state index in [0.717, 1.165) is 37.3 Å². The van der Waals surface area contributed by atoms with Gasteiger partial charge in [-0.15, -0.1) is 0 Å². The molecular formula is C19H22N4O. The molecule has 3 N–H and O–H groups in total. The highest BCUT2D eigenvalue weighted by Crippen LogP contribution is 2.29. The van der Waals surface area contributed by atoms with Gasteiger partial charge >= 0.3 is 6.03 Å². The largest absolute Gasteiger partial charge is 0.399 e. The molecule has 5 heteroatoms. The van der Waals surface area contributed by atoms with Gasteiger partial charge in [0.15, 0.2) is 0 Å². The first-order chi connectivity index (χ1) is 11.7. The van der Waals surface area contributed by atoms with Gasteiger partial charge in [0.1, 0.15) is 0 Å². The van der Waals surface area contributed by atoms with E-state index < -0.39 is 0 Å². The van der Waals surface area contributed by atoms with E-state index in [-0.39, 0.29) is 6.03 Å². The van der Waals surface area contributed by atoms with Crippen molar-refractivity contribution in [3.8, 4) is 0 Å². The third-order valence-corrected chi connectivity index (χ3v) is 5.02. The van der Waals surface area contributed by atoms with Gasteiger partial charge in [0.05, 0.1) is 0 Å². The Balaban J connectivity index is 1.43. The topological polar surface area (TPSA) is 61.6 Å². The summed E-state index contributed by atoms with van der Waals surface area (Å²) in [5.41, 5.74) is 9.89. The first-order valence-electron chi connectivity index (χ1n) is 8.47. The maximum absolute atomic E-state index is 12.4. The standard InChI is InChI=1S/C19H22N4O/c20-15-5-7-16(8-6-15)22-11-9-17(10-12-22)23-13-14-3-1-2-4-18(14)21-19(23)24/h1-8,17H,9-13,20H2,(H,21,24). The third kappa shape index (κ3) is 2.77. The molecule has 0 unspecified atom stereocenters. The maximum atomic E-state index is 12.4. The van der Waals surface area contributed by atoms with Crippen molar-refractivity contribution in [2.24, 2.45) is 0 Å². The number of hydrogen-bond acceptors (Lipinski definition) is 3. The number of nitrogens with two attached hydrogens (primary N) is 1. The number of nitrogens with zero attached hydrogens (tertiary/aromatic N) is 2. The van der Waals surface area contributed by atoms with Crippen LogP contribution in [-0.4, -0.2) is 30.1 Å². The van der Waals surface area contributed by atoms with Crippen LogP contribution in [-0.2, 0) is 6.54 Å². The van der Waals surface area contributed by atoms with E-state index in [4.69, 9.17) is 5.73 Å². The number of nitrogen functional groups attached to an aromatic ring is 1. The van der Waals surface area contributed by atoms with Gasteiger partial charge < -0.3 is 20.9 Å². The second kappa shape index (κ2) is 6.07. The first-order valence-corrected chi connectivity index (χ1v) is 8.47. The minimum atomic E-state index is 0.0274. The highest BCUT2D eigenvalue weighted by atomic mass is 16.2. The van der Waals surface area contributed by atoms with E-state index in [9.17, 15) is 4.79 Å². The summed E-state index contributed by atoms with van der Waals surface area (Å²) in [4.78, 5) is 16.8. The number of piperidine rings is 1. The summed E-state index contributed by atoms with van der Waals surface area (Å²) in [7, 11) is 0. The Labute approximate surface area is 142 Å². The molecular weight excluding hydrogens is 300 g/mol. The van der Waals surface area contributed by atoms with Crippen molar-refractivity contribution in [2.45, 2.75) is 25.4 Å². The Morgan fingerprint density at radius 1 is 1.00 bits per heavy atom. The zero-order valence-corrected chi connectivity index (χ0v) is 13.6. The fraction of sp³-hybridized carbons (Fsp3) is 0.316. The molecule has 0 radical (unpaired) electrons. The minimum absolute atomic E-state index is 0.0274. The Bertz CT molecular complexity index is 735. The van der Waals surface area contributed by atoms with Crippen LogP contribution in [0.25, 0.3) is 0 Å². The van der Waals surface area contributed by atoms with Crippen molar-refractivity contribution < 1.29 is 4.79 Å². The zero-order chi connectivity index (χ0) is 16.5.